The second-order valence-corrected chi connectivity index (χ2v) is 8.35. The van der Waals surface area contributed by atoms with Crippen LogP contribution in [-0.4, -0.2) is 45.2 Å². The highest BCUT2D eigenvalue weighted by Gasteiger charge is 2.35. The van der Waals surface area contributed by atoms with Crippen LogP contribution in [0.3, 0.4) is 0 Å². The van der Waals surface area contributed by atoms with Crippen LogP contribution in [0.4, 0.5) is 30.4 Å². The number of anilines is 2. The van der Waals surface area contributed by atoms with E-state index in [1.54, 1.807) is 49.4 Å². The Balaban J connectivity index is 0.00000441. The average molecular weight is 538 g/mol. The lowest BCUT2D eigenvalue weighted by molar-refractivity contribution is -0.137. The van der Waals surface area contributed by atoms with E-state index in [1.807, 2.05) is 6.07 Å². The summed E-state index contributed by atoms with van der Waals surface area (Å²) >= 11 is 0. The summed E-state index contributed by atoms with van der Waals surface area (Å²) in [4.78, 5) is 32.8. The van der Waals surface area contributed by atoms with Crippen molar-refractivity contribution in [3.8, 4) is 17.1 Å². The van der Waals surface area contributed by atoms with Crippen molar-refractivity contribution in [1.29, 1.82) is 0 Å². The van der Waals surface area contributed by atoms with Gasteiger partial charge in [-0.25, -0.2) is 24.9 Å². The maximum absolute atomic E-state index is 13.7. The molecular formula is C27H26F3N7O2. The monoisotopic (exact) mass is 537 g/mol. The quantitative estimate of drug-likeness (QED) is 0.161. The first-order chi connectivity index (χ1) is 18.7. The molecule has 0 fully saturated rings. The van der Waals surface area contributed by atoms with Gasteiger partial charge in [0.05, 0.1) is 18.8 Å². The molecule has 1 atom stereocenters. The number of ether oxygens (including phenoxy) is 1. The summed E-state index contributed by atoms with van der Waals surface area (Å²) in [6, 6.07) is 13.4. The average Bonchev–Trinajstić information content (AvgIpc) is 2.92. The van der Waals surface area contributed by atoms with Gasteiger partial charge in [-0.15, -0.1) is 0 Å². The molecule has 0 radical (unpaired) electrons. The van der Waals surface area contributed by atoms with Crippen molar-refractivity contribution in [2.45, 2.75) is 26.1 Å². The third-order valence-corrected chi connectivity index (χ3v) is 5.59. The van der Waals surface area contributed by atoms with Gasteiger partial charge in [-0.2, -0.15) is 13.2 Å². The highest BCUT2D eigenvalue weighted by Crippen LogP contribution is 2.34. The Labute approximate surface area is 223 Å². The summed E-state index contributed by atoms with van der Waals surface area (Å²) in [5, 5.41) is 5.96. The SMILES string of the molecule is COc1ncc(-c2cccc(N=C(Nc3ccccc3)[C@@H](C)Nc3nc(C)ncc3C(F)(F)F)c2C=O)cn1.[HH]. The number of rotatable bonds is 8. The van der Waals surface area contributed by atoms with Crippen LogP contribution < -0.4 is 15.4 Å². The molecule has 4 aromatic rings. The summed E-state index contributed by atoms with van der Waals surface area (Å²) in [5.41, 5.74) is 1.27. The number of alkyl halides is 3. The highest BCUT2D eigenvalue weighted by atomic mass is 19.4. The number of nitrogens with zero attached hydrogens (tertiary/aromatic N) is 5. The maximum atomic E-state index is 13.7. The Hall–Kier alpha value is -4.87. The Morgan fingerprint density at radius 2 is 1.77 bits per heavy atom. The molecule has 0 unspecified atom stereocenters. The second kappa shape index (κ2) is 11.7. The third kappa shape index (κ3) is 6.53. The largest absolute Gasteiger partial charge is 0.467 e. The van der Waals surface area contributed by atoms with E-state index in [4.69, 9.17) is 4.74 Å². The number of para-hydroxylation sites is 1. The molecule has 2 aromatic carbocycles. The first-order valence-corrected chi connectivity index (χ1v) is 11.7. The summed E-state index contributed by atoms with van der Waals surface area (Å²) in [5.74, 6) is 0.0338. The normalized spacial score (nSPS) is 12.5. The molecule has 9 nitrogen and oxygen atoms in total. The molecule has 12 heteroatoms. The van der Waals surface area contributed by atoms with Gasteiger partial charge in [-0.3, -0.25) is 4.79 Å². The van der Waals surface area contributed by atoms with Crippen molar-refractivity contribution in [2.75, 3.05) is 17.7 Å². The predicted molar refractivity (Wildman–Crippen MR) is 144 cm³/mol. The molecular weight excluding hydrogens is 511 g/mol. The summed E-state index contributed by atoms with van der Waals surface area (Å²) in [7, 11) is 1.44. The minimum absolute atomic E-state index is 0. The molecule has 2 aromatic heterocycles. The topological polar surface area (TPSA) is 114 Å². The van der Waals surface area contributed by atoms with Gasteiger partial charge in [-0.1, -0.05) is 30.3 Å². The van der Waals surface area contributed by atoms with Crippen LogP contribution in [0.15, 0.2) is 72.1 Å². The van der Waals surface area contributed by atoms with E-state index in [2.05, 4.69) is 35.6 Å². The van der Waals surface area contributed by atoms with Crippen molar-refractivity contribution in [3.63, 3.8) is 0 Å². The number of benzene rings is 2. The van der Waals surface area contributed by atoms with Gasteiger partial charge in [0.2, 0.25) is 0 Å². The first-order valence-electron chi connectivity index (χ1n) is 11.7. The van der Waals surface area contributed by atoms with Crippen LogP contribution in [0.1, 0.15) is 30.1 Å². The molecule has 0 aliphatic rings. The van der Waals surface area contributed by atoms with Crippen LogP contribution in [0.25, 0.3) is 11.1 Å². The lowest BCUT2D eigenvalue weighted by atomic mass is 10.0. The summed E-state index contributed by atoms with van der Waals surface area (Å²) in [6.07, 6.45) is -0.231. The molecule has 2 heterocycles. The number of carbonyl (C=O) groups is 1. The number of hydrogen-bond donors (Lipinski definition) is 2. The number of aryl methyl sites for hydroxylation is 1. The van der Waals surface area contributed by atoms with Gasteiger partial charge >= 0.3 is 12.2 Å². The van der Waals surface area contributed by atoms with Crippen molar-refractivity contribution in [1.82, 2.24) is 19.9 Å². The molecule has 0 aliphatic heterocycles. The zero-order valence-electron chi connectivity index (χ0n) is 21.2. The summed E-state index contributed by atoms with van der Waals surface area (Å²) < 4.78 is 46.0. The second-order valence-electron chi connectivity index (χ2n) is 8.35. The zero-order valence-corrected chi connectivity index (χ0v) is 21.2. The number of halogens is 3. The van der Waals surface area contributed by atoms with Crippen LogP contribution >= 0.6 is 0 Å². The number of aldehydes is 1. The molecule has 39 heavy (non-hydrogen) atoms. The van der Waals surface area contributed by atoms with Gasteiger partial charge in [0.25, 0.3) is 0 Å². The van der Waals surface area contributed by atoms with Crippen LogP contribution in [0.2, 0.25) is 0 Å². The van der Waals surface area contributed by atoms with E-state index in [9.17, 15) is 18.0 Å². The molecule has 202 valence electrons. The van der Waals surface area contributed by atoms with Crippen molar-refractivity contribution < 1.29 is 24.1 Å². The van der Waals surface area contributed by atoms with Gasteiger partial charge < -0.3 is 15.4 Å². The molecule has 0 spiro atoms. The van der Waals surface area contributed by atoms with Gasteiger partial charge in [0, 0.05) is 36.8 Å². The molecule has 0 saturated carbocycles. The van der Waals surface area contributed by atoms with E-state index >= 15 is 0 Å². The Bertz CT molecular complexity index is 1480. The highest BCUT2D eigenvalue weighted by molar-refractivity contribution is 6.04. The van der Waals surface area contributed by atoms with Crippen LogP contribution in [-0.2, 0) is 6.18 Å². The number of aromatic nitrogens is 4. The molecule has 0 bridgehead atoms. The Kier molecular flexibility index (Phi) is 8.13. The van der Waals surface area contributed by atoms with E-state index in [0.717, 1.165) is 6.20 Å². The van der Waals surface area contributed by atoms with Crippen LogP contribution in [0.5, 0.6) is 6.01 Å². The third-order valence-electron chi connectivity index (χ3n) is 5.59. The van der Waals surface area contributed by atoms with Gasteiger partial charge in [-0.05, 0) is 37.6 Å². The van der Waals surface area contributed by atoms with Crippen LogP contribution in [0, 0.1) is 6.92 Å². The van der Waals surface area contributed by atoms with Crippen molar-refractivity contribution in [3.05, 3.63) is 84.1 Å². The zero-order chi connectivity index (χ0) is 28.0. The van der Waals surface area contributed by atoms with E-state index in [0.29, 0.717) is 28.8 Å². The lowest BCUT2D eigenvalue weighted by Gasteiger charge is -2.21. The standard InChI is InChI=1S/C27H24F3N7O2.H2/c1-16(34-25-22(27(28,29)30)14-31-17(2)35-25)24(36-19-8-5-4-6-9-19)37-23-11-7-10-20(21(23)15-38)18-12-32-26(39-3)33-13-18;/h4-16H,1-3H3,(H,36,37)(H,31,34,35);1H/t16-;/m1./s1. The predicted octanol–water partition coefficient (Wildman–Crippen LogP) is 5.97. The number of nitrogens with one attached hydrogen (secondary N) is 2. The fourth-order valence-electron chi connectivity index (χ4n) is 3.68. The van der Waals surface area contributed by atoms with Gasteiger partial charge in [0.1, 0.15) is 23.0 Å². The molecule has 0 amide bonds. The van der Waals surface area contributed by atoms with E-state index in [1.165, 1.54) is 26.4 Å². The number of aliphatic imine (C=N–C) groups is 1. The smallest absolute Gasteiger partial charge is 0.421 e. The van der Waals surface area contributed by atoms with E-state index < -0.39 is 17.8 Å². The summed E-state index contributed by atoms with van der Waals surface area (Å²) in [6.45, 7) is 3.13. The first kappa shape index (κ1) is 27.2. The minimum Gasteiger partial charge on any atom is -0.467 e. The molecule has 0 aliphatic carbocycles. The van der Waals surface area contributed by atoms with Gasteiger partial charge in [0.15, 0.2) is 6.29 Å². The number of hydrogen-bond acceptors (Lipinski definition) is 8. The minimum atomic E-state index is -4.67. The number of amidine groups is 1. The number of carbonyl (C=O) groups excluding carboxylic acids is 1. The molecule has 0 saturated heterocycles. The van der Waals surface area contributed by atoms with Crippen molar-refractivity contribution >= 4 is 29.3 Å². The fraction of sp³-hybridized carbons (Fsp3) is 0.185. The lowest BCUT2D eigenvalue weighted by Crippen LogP contribution is -2.33. The Morgan fingerprint density at radius 1 is 1.05 bits per heavy atom. The van der Waals surface area contributed by atoms with Crippen molar-refractivity contribution in [2.24, 2.45) is 4.99 Å². The molecule has 4 rings (SSSR count). The van der Waals surface area contributed by atoms with E-state index in [-0.39, 0.29) is 30.5 Å². The fourth-order valence-corrected chi connectivity index (χ4v) is 3.68. The number of methoxy groups -OCH3 is 1. The Morgan fingerprint density at radius 3 is 2.41 bits per heavy atom. The maximum Gasteiger partial charge on any atom is 0.421 e. The molecule has 2 N–H and O–H groups in total.